The Balaban J connectivity index is 0.000000280. The predicted octanol–water partition coefficient (Wildman–Crippen LogP) is 5.10. The second kappa shape index (κ2) is 15.3. The Kier molecular flexibility index (Phi) is 12.5. The van der Waals surface area contributed by atoms with Crippen molar-refractivity contribution >= 4 is 55.7 Å². The molecular weight excluding hydrogens is 607 g/mol. The fraction of sp³-hybridized carbons (Fsp3) is 0.0714. The van der Waals surface area contributed by atoms with E-state index in [0.29, 0.717) is 10.0 Å². The minimum Gasteiger partial charge on any atom is -0.412 e. The molecule has 216 valence electrons. The average molecular weight is 636 g/mol. The number of benzene rings is 4. The van der Waals surface area contributed by atoms with Crippen LogP contribution in [0.2, 0.25) is 10.0 Å². The third-order valence-corrected chi connectivity index (χ3v) is 8.16. The second-order valence-electron chi connectivity index (χ2n) is 8.44. The van der Waals surface area contributed by atoms with E-state index in [0.717, 1.165) is 22.3 Å². The second-order valence-corrected chi connectivity index (χ2v) is 12.6. The highest BCUT2D eigenvalue weighted by Gasteiger charge is 2.12. The van der Waals surface area contributed by atoms with E-state index in [2.05, 4.69) is 19.9 Å². The lowest BCUT2D eigenvalue weighted by atomic mass is 10.2. The van der Waals surface area contributed by atoms with Crippen LogP contribution in [0.4, 0.5) is 0 Å². The molecule has 4 aromatic carbocycles. The van der Waals surface area contributed by atoms with Crippen molar-refractivity contribution in [1.82, 2.24) is 9.66 Å². The first-order chi connectivity index (χ1) is 18.9. The molecule has 4 aromatic rings. The van der Waals surface area contributed by atoms with Gasteiger partial charge in [-0.15, -0.1) is 0 Å². The van der Waals surface area contributed by atoms with E-state index < -0.39 is 20.0 Å². The van der Waals surface area contributed by atoms with Crippen molar-refractivity contribution in [3.05, 3.63) is 129 Å². The Morgan fingerprint density at radius 1 is 0.537 bits per heavy atom. The van der Waals surface area contributed by atoms with Crippen LogP contribution < -0.4 is 9.66 Å². The van der Waals surface area contributed by atoms with Gasteiger partial charge in [0.25, 0.3) is 20.0 Å². The largest absolute Gasteiger partial charge is 0.412 e. The number of rotatable bonds is 8. The highest BCUT2D eigenvalue weighted by Crippen LogP contribution is 2.12. The summed E-state index contributed by atoms with van der Waals surface area (Å²) in [6.07, 6.45) is 2.84. The van der Waals surface area contributed by atoms with Gasteiger partial charge in [-0.05, 0) is 73.5 Å². The van der Waals surface area contributed by atoms with Crippen molar-refractivity contribution in [2.75, 3.05) is 0 Å². The van der Waals surface area contributed by atoms with Gasteiger partial charge in [0.2, 0.25) is 0 Å². The quantitative estimate of drug-likeness (QED) is 0.205. The number of halogens is 2. The average Bonchev–Trinajstić information content (AvgIpc) is 2.92. The minimum absolute atomic E-state index is 0. The van der Waals surface area contributed by atoms with Crippen molar-refractivity contribution < 1.29 is 22.3 Å². The minimum atomic E-state index is -3.63. The smallest absolute Gasteiger partial charge is 0.276 e. The third-order valence-electron chi connectivity index (χ3n) is 5.18. The van der Waals surface area contributed by atoms with Gasteiger partial charge in [-0.25, -0.2) is 9.66 Å². The van der Waals surface area contributed by atoms with Crippen molar-refractivity contribution in [1.29, 1.82) is 0 Å². The fourth-order valence-corrected chi connectivity index (χ4v) is 4.81. The van der Waals surface area contributed by atoms with Crippen LogP contribution >= 0.6 is 23.2 Å². The Morgan fingerprint density at radius 2 is 0.829 bits per heavy atom. The highest BCUT2D eigenvalue weighted by atomic mass is 35.5. The lowest BCUT2D eigenvalue weighted by Gasteiger charge is -2.03. The standard InChI is InChI=1S/2C14H13ClN2O2S.H2O/c2*1-11-2-8-14(9-3-11)20(18,19)17-16-10-12-4-6-13(15)7-5-12;/h2*2-10,17H,1H3;1H2/b2*16-10+;. The van der Waals surface area contributed by atoms with Crippen LogP contribution in [-0.4, -0.2) is 34.7 Å². The number of nitrogens with zero attached hydrogens (tertiary/aromatic N) is 2. The van der Waals surface area contributed by atoms with Gasteiger partial charge in [-0.1, -0.05) is 82.9 Å². The summed E-state index contributed by atoms with van der Waals surface area (Å²) in [6, 6.07) is 26.9. The number of hydrogen-bond donors (Lipinski definition) is 2. The van der Waals surface area contributed by atoms with Crippen LogP contribution in [0.5, 0.6) is 0 Å². The van der Waals surface area contributed by atoms with Crippen molar-refractivity contribution in [2.45, 2.75) is 23.6 Å². The molecule has 0 saturated heterocycles. The number of sulfonamides is 2. The lowest BCUT2D eigenvalue weighted by Crippen LogP contribution is -2.18. The first-order valence-electron chi connectivity index (χ1n) is 11.7. The van der Waals surface area contributed by atoms with Gasteiger partial charge in [0, 0.05) is 10.0 Å². The molecule has 4 rings (SSSR count). The van der Waals surface area contributed by atoms with Gasteiger partial charge in [0.05, 0.1) is 22.2 Å². The maximum Gasteiger partial charge on any atom is 0.276 e. The first kappa shape index (κ1) is 33.5. The summed E-state index contributed by atoms with van der Waals surface area (Å²) in [7, 11) is -7.26. The zero-order valence-electron chi connectivity index (χ0n) is 22.0. The molecule has 0 aliphatic heterocycles. The molecule has 0 aliphatic carbocycles. The Labute approximate surface area is 250 Å². The molecule has 0 amide bonds. The summed E-state index contributed by atoms with van der Waals surface area (Å²) in [5, 5.41) is 8.70. The summed E-state index contributed by atoms with van der Waals surface area (Å²) < 4.78 is 47.8. The van der Waals surface area contributed by atoms with Crippen molar-refractivity contribution in [2.24, 2.45) is 10.2 Å². The van der Waals surface area contributed by atoms with E-state index >= 15 is 0 Å². The summed E-state index contributed by atoms with van der Waals surface area (Å²) in [6.45, 7) is 3.78. The molecule has 4 N–H and O–H groups in total. The Bertz CT molecular complexity index is 1550. The summed E-state index contributed by atoms with van der Waals surface area (Å²) in [5.74, 6) is 0. The van der Waals surface area contributed by atoms with Gasteiger partial charge in [-0.3, -0.25) is 0 Å². The third kappa shape index (κ3) is 11.0. The zero-order chi connectivity index (χ0) is 29.2. The Hall–Kier alpha value is -3.74. The Morgan fingerprint density at radius 3 is 1.12 bits per heavy atom. The molecule has 0 fully saturated rings. The number of aryl methyl sites for hydroxylation is 2. The number of hydrogen-bond acceptors (Lipinski definition) is 6. The highest BCUT2D eigenvalue weighted by molar-refractivity contribution is 7.89. The summed E-state index contributed by atoms with van der Waals surface area (Å²) in [5.41, 5.74) is 3.49. The monoisotopic (exact) mass is 634 g/mol. The summed E-state index contributed by atoms with van der Waals surface area (Å²) in [4.78, 5) is 4.69. The molecule has 0 aromatic heterocycles. The number of hydrazone groups is 2. The molecule has 0 bridgehead atoms. The zero-order valence-corrected chi connectivity index (χ0v) is 25.1. The van der Waals surface area contributed by atoms with Gasteiger partial charge >= 0.3 is 0 Å². The van der Waals surface area contributed by atoms with E-state index in [1.807, 2.05) is 13.8 Å². The van der Waals surface area contributed by atoms with Crippen LogP contribution in [0.1, 0.15) is 22.3 Å². The van der Waals surface area contributed by atoms with E-state index in [9.17, 15) is 16.8 Å². The van der Waals surface area contributed by atoms with E-state index in [1.165, 1.54) is 36.7 Å². The van der Waals surface area contributed by atoms with E-state index in [-0.39, 0.29) is 15.3 Å². The molecule has 9 nitrogen and oxygen atoms in total. The first-order valence-corrected chi connectivity index (χ1v) is 15.4. The molecule has 13 heteroatoms. The normalized spacial score (nSPS) is 11.4. The lowest BCUT2D eigenvalue weighted by molar-refractivity contribution is 0.583. The molecule has 41 heavy (non-hydrogen) atoms. The molecular formula is C28H28Cl2N4O5S2. The SMILES string of the molecule is Cc1ccc(S(=O)(=O)N/N=C/c2ccc(Cl)cc2)cc1.Cc1ccc(S(=O)(=O)N/N=C/c2ccc(Cl)cc2)cc1.O. The van der Waals surface area contributed by atoms with Crippen molar-refractivity contribution in [3.8, 4) is 0 Å². The molecule has 0 spiro atoms. The number of nitrogens with one attached hydrogen (secondary N) is 2. The maximum absolute atomic E-state index is 11.9. The van der Waals surface area contributed by atoms with Crippen LogP contribution in [0.3, 0.4) is 0 Å². The molecule has 0 atom stereocenters. The molecule has 0 radical (unpaired) electrons. The predicted molar refractivity (Wildman–Crippen MR) is 165 cm³/mol. The van der Waals surface area contributed by atoms with E-state index in [1.54, 1.807) is 72.8 Å². The van der Waals surface area contributed by atoms with Gasteiger partial charge in [-0.2, -0.15) is 27.0 Å². The van der Waals surface area contributed by atoms with Crippen LogP contribution in [0, 0.1) is 13.8 Å². The molecule has 0 saturated carbocycles. The molecule has 0 aliphatic rings. The summed E-state index contributed by atoms with van der Waals surface area (Å²) >= 11 is 11.5. The van der Waals surface area contributed by atoms with Crippen LogP contribution in [0.25, 0.3) is 0 Å². The maximum atomic E-state index is 11.9. The van der Waals surface area contributed by atoms with Crippen LogP contribution in [-0.2, 0) is 20.0 Å². The van der Waals surface area contributed by atoms with Gasteiger partial charge in [0.1, 0.15) is 0 Å². The van der Waals surface area contributed by atoms with Gasteiger partial charge < -0.3 is 5.48 Å². The van der Waals surface area contributed by atoms with E-state index in [4.69, 9.17) is 23.2 Å². The molecule has 0 heterocycles. The fourth-order valence-electron chi connectivity index (χ4n) is 2.98. The van der Waals surface area contributed by atoms with Crippen molar-refractivity contribution in [3.63, 3.8) is 0 Å². The van der Waals surface area contributed by atoms with Crippen LogP contribution in [0.15, 0.2) is 117 Å². The van der Waals surface area contributed by atoms with Gasteiger partial charge in [0.15, 0.2) is 0 Å². The molecule has 0 unspecified atom stereocenters. The topological polar surface area (TPSA) is 149 Å².